The van der Waals surface area contributed by atoms with Crippen LogP contribution < -0.4 is 0 Å². The van der Waals surface area contributed by atoms with Crippen LogP contribution in [0.15, 0.2) is 59.3 Å². The molecule has 5 heteroatoms. The minimum atomic E-state index is -0.131. The number of phenolic OH excluding ortho intramolecular Hbond substituents is 1. The summed E-state index contributed by atoms with van der Waals surface area (Å²) in [7, 11) is 0. The Kier molecular flexibility index (Phi) is 6.23. The van der Waals surface area contributed by atoms with E-state index in [0.717, 1.165) is 30.8 Å². The highest BCUT2D eigenvalue weighted by molar-refractivity contribution is 7.08. The van der Waals surface area contributed by atoms with Crippen molar-refractivity contribution >= 4 is 11.3 Å². The Labute approximate surface area is 182 Å². The van der Waals surface area contributed by atoms with E-state index in [0.29, 0.717) is 23.4 Å². The van der Waals surface area contributed by atoms with E-state index in [-0.39, 0.29) is 11.9 Å². The highest BCUT2D eigenvalue weighted by Crippen LogP contribution is 2.35. The van der Waals surface area contributed by atoms with Crippen molar-refractivity contribution in [1.82, 2.24) is 9.80 Å². The van der Waals surface area contributed by atoms with Crippen molar-refractivity contribution < 1.29 is 9.50 Å². The van der Waals surface area contributed by atoms with Crippen LogP contribution in [0.4, 0.5) is 4.39 Å². The Balaban J connectivity index is 1.57. The number of hydrogen-bond acceptors (Lipinski definition) is 4. The largest absolute Gasteiger partial charge is 0.508 e. The normalized spacial score (nSPS) is 21.6. The Morgan fingerprint density at radius 1 is 1.07 bits per heavy atom. The predicted octanol–water partition coefficient (Wildman–Crippen LogP) is 5.59. The molecule has 1 aromatic heterocycles. The van der Waals surface area contributed by atoms with E-state index in [2.05, 4.69) is 46.5 Å². The summed E-state index contributed by atoms with van der Waals surface area (Å²) < 4.78 is 14.0. The van der Waals surface area contributed by atoms with E-state index in [1.54, 1.807) is 30.4 Å². The van der Waals surface area contributed by atoms with Crippen LogP contribution >= 0.6 is 11.3 Å². The molecule has 4 rings (SSSR count). The summed E-state index contributed by atoms with van der Waals surface area (Å²) >= 11 is 1.70. The SMILES string of the molecule is Cc1ccc(CN2C[C@H](C)N([C@H](c3ccsc3)c3cccc(O)c3)C[C@H]2C)cc1F. The van der Waals surface area contributed by atoms with Crippen molar-refractivity contribution in [3.63, 3.8) is 0 Å². The zero-order valence-corrected chi connectivity index (χ0v) is 18.6. The molecule has 1 saturated heterocycles. The van der Waals surface area contributed by atoms with E-state index in [1.807, 2.05) is 24.3 Å². The number of nitrogens with zero attached hydrogens (tertiary/aromatic N) is 2. The van der Waals surface area contributed by atoms with Gasteiger partial charge in [0.05, 0.1) is 6.04 Å². The number of rotatable bonds is 5. The maximum Gasteiger partial charge on any atom is 0.126 e. The first-order valence-electron chi connectivity index (χ1n) is 10.5. The third-order valence-corrected chi connectivity index (χ3v) is 6.86. The number of benzene rings is 2. The van der Waals surface area contributed by atoms with Gasteiger partial charge in [-0.1, -0.05) is 24.3 Å². The number of thiophene rings is 1. The van der Waals surface area contributed by atoms with Gasteiger partial charge in [-0.3, -0.25) is 9.80 Å². The molecule has 1 aliphatic heterocycles. The van der Waals surface area contributed by atoms with Gasteiger partial charge in [-0.05, 0) is 78.1 Å². The first-order valence-corrected chi connectivity index (χ1v) is 11.4. The molecule has 0 bridgehead atoms. The molecule has 1 fully saturated rings. The molecule has 0 unspecified atom stereocenters. The molecule has 0 spiro atoms. The zero-order chi connectivity index (χ0) is 21.3. The van der Waals surface area contributed by atoms with Crippen LogP contribution in [0.25, 0.3) is 0 Å². The van der Waals surface area contributed by atoms with Crippen molar-refractivity contribution in [3.05, 3.63) is 87.4 Å². The van der Waals surface area contributed by atoms with Crippen molar-refractivity contribution in [3.8, 4) is 5.75 Å². The Bertz CT molecular complexity index is 991. The van der Waals surface area contributed by atoms with Crippen LogP contribution in [-0.4, -0.2) is 40.1 Å². The van der Waals surface area contributed by atoms with Crippen molar-refractivity contribution in [2.45, 2.75) is 45.4 Å². The number of phenols is 1. The number of aromatic hydroxyl groups is 1. The van der Waals surface area contributed by atoms with Gasteiger partial charge in [0.15, 0.2) is 0 Å². The Morgan fingerprint density at radius 2 is 1.90 bits per heavy atom. The second kappa shape index (κ2) is 8.88. The van der Waals surface area contributed by atoms with E-state index < -0.39 is 0 Å². The molecule has 2 aromatic carbocycles. The number of halogens is 1. The van der Waals surface area contributed by atoms with Gasteiger partial charge >= 0.3 is 0 Å². The number of hydrogen-bond donors (Lipinski definition) is 1. The van der Waals surface area contributed by atoms with Crippen LogP contribution in [0, 0.1) is 12.7 Å². The lowest BCUT2D eigenvalue weighted by Crippen LogP contribution is -2.56. The molecule has 0 aliphatic carbocycles. The average Bonchev–Trinajstić information content (AvgIpc) is 3.23. The summed E-state index contributed by atoms with van der Waals surface area (Å²) in [5.74, 6) is 0.168. The molecule has 0 radical (unpaired) electrons. The predicted molar refractivity (Wildman–Crippen MR) is 121 cm³/mol. The monoisotopic (exact) mass is 424 g/mol. The molecule has 30 heavy (non-hydrogen) atoms. The molecule has 158 valence electrons. The average molecular weight is 425 g/mol. The van der Waals surface area contributed by atoms with E-state index in [9.17, 15) is 9.50 Å². The smallest absolute Gasteiger partial charge is 0.126 e. The van der Waals surface area contributed by atoms with E-state index >= 15 is 0 Å². The lowest BCUT2D eigenvalue weighted by atomic mass is 9.95. The summed E-state index contributed by atoms with van der Waals surface area (Å²) in [5, 5.41) is 14.4. The molecule has 1 N–H and O–H groups in total. The van der Waals surface area contributed by atoms with Crippen LogP contribution in [0.1, 0.15) is 42.1 Å². The summed E-state index contributed by atoms with van der Waals surface area (Å²) in [4.78, 5) is 4.98. The van der Waals surface area contributed by atoms with Gasteiger partial charge in [0.2, 0.25) is 0 Å². The standard InChI is InChI=1S/C25H29FN2OS/c1-17-7-8-20(11-24(17)26)15-27-13-19(3)28(14-18(27)2)25(22-9-10-30-16-22)21-5-4-6-23(29)12-21/h4-12,16,18-19,25,29H,13-15H2,1-3H3/t18-,19+,25+/m1/s1. The van der Waals surface area contributed by atoms with Gasteiger partial charge in [0, 0.05) is 31.7 Å². The van der Waals surface area contributed by atoms with Crippen molar-refractivity contribution in [2.24, 2.45) is 0 Å². The van der Waals surface area contributed by atoms with Gasteiger partial charge in [-0.15, -0.1) is 0 Å². The summed E-state index contributed by atoms with van der Waals surface area (Å²) in [5.41, 5.74) is 4.09. The minimum absolute atomic E-state index is 0.111. The van der Waals surface area contributed by atoms with Crippen LogP contribution in [0.3, 0.4) is 0 Å². The first kappa shape index (κ1) is 21.0. The summed E-state index contributed by atoms with van der Waals surface area (Å²) in [6.07, 6.45) is 0. The summed E-state index contributed by atoms with van der Waals surface area (Å²) in [6, 6.07) is 16.1. The van der Waals surface area contributed by atoms with Gasteiger partial charge in [0.25, 0.3) is 0 Å². The minimum Gasteiger partial charge on any atom is -0.508 e. The third kappa shape index (κ3) is 4.43. The number of piperazine rings is 1. The third-order valence-electron chi connectivity index (χ3n) is 6.16. The molecule has 0 amide bonds. The van der Waals surface area contributed by atoms with E-state index in [1.165, 1.54) is 5.56 Å². The molecular weight excluding hydrogens is 395 g/mol. The maximum absolute atomic E-state index is 14.0. The van der Waals surface area contributed by atoms with Crippen LogP contribution in [0.2, 0.25) is 0 Å². The second-order valence-corrected chi connectivity index (χ2v) is 9.24. The number of aryl methyl sites for hydroxylation is 1. The zero-order valence-electron chi connectivity index (χ0n) is 17.8. The Morgan fingerprint density at radius 3 is 2.60 bits per heavy atom. The summed E-state index contributed by atoms with van der Waals surface area (Å²) in [6.45, 7) is 8.88. The fourth-order valence-electron chi connectivity index (χ4n) is 4.48. The molecular formula is C25H29FN2OS. The van der Waals surface area contributed by atoms with Gasteiger partial charge < -0.3 is 5.11 Å². The Hall–Kier alpha value is -2.21. The van der Waals surface area contributed by atoms with Crippen LogP contribution in [0.5, 0.6) is 5.75 Å². The van der Waals surface area contributed by atoms with Gasteiger partial charge in [0.1, 0.15) is 11.6 Å². The quantitative estimate of drug-likeness (QED) is 0.579. The van der Waals surface area contributed by atoms with Crippen LogP contribution in [-0.2, 0) is 6.54 Å². The maximum atomic E-state index is 14.0. The molecule has 1 aliphatic rings. The molecule has 2 heterocycles. The highest BCUT2D eigenvalue weighted by Gasteiger charge is 2.35. The first-order chi connectivity index (χ1) is 14.4. The lowest BCUT2D eigenvalue weighted by molar-refractivity contribution is 0.0195. The topological polar surface area (TPSA) is 26.7 Å². The van der Waals surface area contributed by atoms with Crippen molar-refractivity contribution in [2.75, 3.05) is 13.1 Å². The second-order valence-electron chi connectivity index (χ2n) is 8.46. The fraction of sp³-hybridized carbons (Fsp3) is 0.360. The molecule has 3 atom stereocenters. The van der Waals surface area contributed by atoms with Gasteiger partial charge in [-0.25, -0.2) is 4.39 Å². The molecule has 0 saturated carbocycles. The van der Waals surface area contributed by atoms with E-state index in [4.69, 9.17) is 0 Å². The lowest BCUT2D eigenvalue weighted by Gasteiger charge is -2.47. The van der Waals surface area contributed by atoms with Gasteiger partial charge in [-0.2, -0.15) is 11.3 Å². The molecule has 3 aromatic rings. The highest BCUT2D eigenvalue weighted by atomic mass is 32.1. The fourth-order valence-corrected chi connectivity index (χ4v) is 5.15. The molecule has 3 nitrogen and oxygen atoms in total. The van der Waals surface area contributed by atoms with Crippen molar-refractivity contribution in [1.29, 1.82) is 0 Å².